The monoisotopic (exact) mass is 401 g/mol. The largest absolute Gasteiger partial charge is 0.491 e. The number of para-hydroxylation sites is 1. The molecule has 1 aliphatic rings. The lowest BCUT2D eigenvalue weighted by Crippen LogP contribution is -2.34. The quantitative estimate of drug-likeness (QED) is 0.435. The molecule has 0 saturated carbocycles. The zero-order chi connectivity index (χ0) is 19.9. The summed E-state index contributed by atoms with van der Waals surface area (Å²) in [5, 5.41) is 16.4. The Morgan fingerprint density at radius 3 is 2.86 bits per heavy atom. The molecule has 0 bridgehead atoms. The second-order valence-electron chi connectivity index (χ2n) is 6.16. The molecule has 2 aromatic rings. The van der Waals surface area contributed by atoms with Gasteiger partial charge in [0.05, 0.1) is 11.0 Å². The van der Waals surface area contributed by atoms with E-state index in [0.717, 1.165) is 19.4 Å². The van der Waals surface area contributed by atoms with Crippen LogP contribution >= 0.6 is 12.2 Å². The van der Waals surface area contributed by atoms with Crippen LogP contribution in [0.3, 0.4) is 0 Å². The Hall–Kier alpha value is -3.04. The molecule has 1 fully saturated rings. The van der Waals surface area contributed by atoms with Crippen molar-refractivity contribution < 1.29 is 19.2 Å². The zero-order valence-corrected chi connectivity index (χ0v) is 15.7. The number of nitrogens with zero attached hydrogens (tertiary/aromatic N) is 1. The third-order valence-corrected chi connectivity index (χ3v) is 4.33. The minimum atomic E-state index is -0.657. The van der Waals surface area contributed by atoms with Gasteiger partial charge < -0.3 is 14.8 Å². The molecule has 1 atom stereocenters. The highest BCUT2D eigenvalue weighted by Gasteiger charge is 2.20. The van der Waals surface area contributed by atoms with Gasteiger partial charge in [-0.25, -0.2) is 0 Å². The number of hydrogen-bond acceptors (Lipinski definition) is 6. The predicted octanol–water partition coefficient (Wildman–Crippen LogP) is 3.28. The summed E-state index contributed by atoms with van der Waals surface area (Å²) in [4.78, 5) is 22.7. The van der Waals surface area contributed by atoms with Crippen LogP contribution in [0.4, 0.5) is 11.4 Å². The van der Waals surface area contributed by atoms with Crippen molar-refractivity contribution in [2.75, 3.05) is 18.5 Å². The van der Waals surface area contributed by atoms with Gasteiger partial charge in [0.15, 0.2) is 5.11 Å². The standard InChI is InChI=1S/C19H19N3O5S/c23-18(16-8-1-2-9-17(16)22(24)25)21-19(28)20-13-5-3-6-14(11-13)27-12-15-7-4-10-26-15/h1-3,5-6,8-9,11,15H,4,7,10,12H2,(H2,20,21,23,28). The Kier molecular flexibility index (Phi) is 6.51. The van der Waals surface area contributed by atoms with Crippen LogP contribution in [0.15, 0.2) is 48.5 Å². The van der Waals surface area contributed by atoms with Crippen molar-refractivity contribution in [3.63, 3.8) is 0 Å². The van der Waals surface area contributed by atoms with Gasteiger partial charge in [-0.05, 0) is 43.3 Å². The van der Waals surface area contributed by atoms with Gasteiger partial charge >= 0.3 is 0 Å². The molecule has 1 aliphatic heterocycles. The molecule has 1 saturated heterocycles. The number of nitrogens with one attached hydrogen (secondary N) is 2. The summed E-state index contributed by atoms with van der Waals surface area (Å²) in [7, 11) is 0. The lowest BCUT2D eigenvalue weighted by molar-refractivity contribution is -0.385. The van der Waals surface area contributed by atoms with E-state index in [9.17, 15) is 14.9 Å². The van der Waals surface area contributed by atoms with Crippen molar-refractivity contribution in [1.29, 1.82) is 0 Å². The lowest BCUT2D eigenvalue weighted by Gasteiger charge is -2.13. The Bertz CT molecular complexity index is 883. The number of thiocarbonyl (C=S) groups is 1. The number of nitro groups is 1. The number of anilines is 1. The van der Waals surface area contributed by atoms with Gasteiger partial charge in [0.2, 0.25) is 0 Å². The summed E-state index contributed by atoms with van der Waals surface area (Å²) in [5.74, 6) is -0.0103. The van der Waals surface area contributed by atoms with Crippen LogP contribution in [0.25, 0.3) is 0 Å². The van der Waals surface area contributed by atoms with E-state index in [1.807, 2.05) is 6.07 Å². The highest BCUT2D eigenvalue weighted by Crippen LogP contribution is 2.20. The number of hydrogen-bond donors (Lipinski definition) is 2. The summed E-state index contributed by atoms with van der Waals surface area (Å²) in [6.07, 6.45) is 2.14. The fourth-order valence-corrected chi connectivity index (χ4v) is 3.00. The molecular weight excluding hydrogens is 382 g/mol. The van der Waals surface area contributed by atoms with Crippen LogP contribution in [0, 0.1) is 10.1 Å². The van der Waals surface area contributed by atoms with Crippen molar-refractivity contribution in [2.45, 2.75) is 18.9 Å². The first-order chi connectivity index (χ1) is 13.5. The summed E-state index contributed by atoms with van der Waals surface area (Å²) < 4.78 is 11.3. The van der Waals surface area contributed by atoms with Gasteiger partial charge in [-0.2, -0.15) is 0 Å². The maximum absolute atomic E-state index is 12.3. The van der Waals surface area contributed by atoms with E-state index in [1.54, 1.807) is 24.3 Å². The molecule has 1 unspecified atom stereocenters. The second-order valence-corrected chi connectivity index (χ2v) is 6.56. The average molecular weight is 401 g/mol. The molecular formula is C19H19N3O5S. The number of carbonyl (C=O) groups is 1. The van der Waals surface area contributed by atoms with Crippen molar-refractivity contribution >= 4 is 34.6 Å². The van der Waals surface area contributed by atoms with Crippen LogP contribution in [0.5, 0.6) is 5.75 Å². The number of amides is 1. The summed E-state index contributed by atoms with van der Waals surface area (Å²) >= 11 is 5.14. The number of benzene rings is 2. The Labute approximate surface area is 167 Å². The van der Waals surface area contributed by atoms with E-state index < -0.39 is 10.8 Å². The van der Waals surface area contributed by atoms with Gasteiger partial charge in [0, 0.05) is 24.4 Å². The topological polar surface area (TPSA) is 103 Å². The molecule has 1 amide bonds. The van der Waals surface area contributed by atoms with Crippen LogP contribution in [0.2, 0.25) is 0 Å². The molecule has 28 heavy (non-hydrogen) atoms. The molecule has 2 aromatic carbocycles. The third kappa shape index (κ3) is 5.24. The van der Waals surface area contributed by atoms with Crippen LogP contribution in [-0.4, -0.2) is 35.3 Å². The summed E-state index contributed by atoms with van der Waals surface area (Å²) in [5.41, 5.74) is 0.273. The second kappa shape index (κ2) is 9.25. The molecule has 0 aromatic heterocycles. The molecule has 8 nitrogen and oxygen atoms in total. The first-order valence-corrected chi connectivity index (χ1v) is 9.14. The zero-order valence-electron chi connectivity index (χ0n) is 14.9. The highest BCUT2D eigenvalue weighted by atomic mass is 32.1. The molecule has 146 valence electrons. The SMILES string of the molecule is O=C(NC(=S)Nc1cccc(OCC2CCCO2)c1)c1ccccc1[N+](=O)[O-]. The van der Waals surface area contributed by atoms with Gasteiger partial charge in [-0.3, -0.25) is 20.2 Å². The van der Waals surface area contributed by atoms with Gasteiger partial charge in [0.25, 0.3) is 11.6 Å². The van der Waals surface area contributed by atoms with Crippen molar-refractivity contribution in [1.82, 2.24) is 5.32 Å². The highest BCUT2D eigenvalue weighted by molar-refractivity contribution is 7.80. The maximum Gasteiger partial charge on any atom is 0.282 e. The maximum atomic E-state index is 12.3. The fraction of sp³-hybridized carbons (Fsp3) is 0.263. The van der Waals surface area contributed by atoms with E-state index in [1.165, 1.54) is 18.2 Å². The Morgan fingerprint density at radius 1 is 1.29 bits per heavy atom. The van der Waals surface area contributed by atoms with Gasteiger partial charge in [-0.1, -0.05) is 18.2 Å². The minimum absolute atomic E-state index is 0.0272. The van der Waals surface area contributed by atoms with E-state index >= 15 is 0 Å². The fourth-order valence-electron chi connectivity index (χ4n) is 2.79. The minimum Gasteiger partial charge on any atom is -0.491 e. The van der Waals surface area contributed by atoms with Gasteiger partial charge in [0.1, 0.15) is 17.9 Å². The molecule has 3 rings (SSSR count). The lowest BCUT2D eigenvalue weighted by atomic mass is 10.1. The van der Waals surface area contributed by atoms with E-state index in [0.29, 0.717) is 18.0 Å². The third-order valence-electron chi connectivity index (χ3n) is 4.12. The van der Waals surface area contributed by atoms with Crippen LogP contribution in [-0.2, 0) is 4.74 Å². The van der Waals surface area contributed by atoms with Gasteiger partial charge in [-0.15, -0.1) is 0 Å². The molecule has 2 N–H and O–H groups in total. The number of rotatable bonds is 6. The molecule has 1 heterocycles. The van der Waals surface area contributed by atoms with Crippen molar-refractivity contribution in [2.24, 2.45) is 0 Å². The molecule has 0 radical (unpaired) electrons. The average Bonchev–Trinajstić information content (AvgIpc) is 3.20. The van der Waals surface area contributed by atoms with Crippen molar-refractivity contribution in [3.8, 4) is 5.75 Å². The predicted molar refractivity (Wildman–Crippen MR) is 108 cm³/mol. The molecule has 0 aliphatic carbocycles. The van der Waals surface area contributed by atoms with Crippen LogP contribution < -0.4 is 15.4 Å². The van der Waals surface area contributed by atoms with Crippen molar-refractivity contribution in [3.05, 3.63) is 64.2 Å². The normalized spacial score (nSPS) is 15.6. The summed E-state index contributed by atoms with van der Waals surface area (Å²) in [6.45, 7) is 1.24. The Balaban J connectivity index is 1.58. The van der Waals surface area contributed by atoms with E-state index in [4.69, 9.17) is 21.7 Å². The smallest absolute Gasteiger partial charge is 0.282 e. The van der Waals surface area contributed by atoms with E-state index in [2.05, 4.69) is 10.6 Å². The number of ether oxygens (including phenoxy) is 2. The molecule has 0 spiro atoms. The number of carbonyl (C=O) groups excluding carboxylic acids is 1. The first kappa shape index (κ1) is 19.7. The number of nitro benzene ring substituents is 1. The van der Waals surface area contributed by atoms with E-state index in [-0.39, 0.29) is 22.5 Å². The molecule has 9 heteroatoms. The summed E-state index contributed by atoms with van der Waals surface area (Å²) in [6, 6.07) is 12.8. The van der Waals surface area contributed by atoms with Crippen LogP contribution in [0.1, 0.15) is 23.2 Å². The first-order valence-electron chi connectivity index (χ1n) is 8.73. The Morgan fingerprint density at radius 2 is 2.11 bits per heavy atom.